The van der Waals surface area contributed by atoms with E-state index in [1.54, 1.807) is 18.2 Å². The Morgan fingerprint density at radius 1 is 1.07 bits per heavy atom. The van der Waals surface area contributed by atoms with Gasteiger partial charge < -0.3 is 19.9 Å². The van der Waals surface area contributed by atoms with Crippen molar-refractivity contribution in [1.82, 2.24) is 15.2 Å². The molecule has 10 heteroatoms. The number of hydrogen-bond acceptors (Lipinski definition) is 6. The van der Waals surface area contributed by atoms with Gasteiger partial charge in [-0.25, -0.2) is 13.8 Å². The fourth-order valence-corrected chi connectivity index (χ4v) is 7.02. The van der Waals surface area contributed by atoms with E-state index in [2.05, 4.69) is 10.3 Å². The summed E-state index contributed by atoms with van der Waals surface area (Å²) < 4.78 is 35.1. The molecule has 0 atom stereocenters. The maximum atomic E-state index is 14.7. The molecular weight excluding hydrogens is 566 g/mol. The summed E-state index contributed by atoms with van der Waals surface area (Å²) in [5.41, 5.74) is 2.77. The van der Waals surface area contributed by atoms with Gasteiger partial charge in [0.2, 0.25) is 0 Å². The van der Waals surface area contributed by atoms with Gasteiger partial charge in [0, 0.05) is 44.5 Å². The van der Waals surface area contributed by atoms with Crippen LogP contribution in [0.4, 0.5) is 14.6 Å². The fraction of sp³-hybridized carbons (Fsp3) is 0.355. The highest BCUT2D eigenvalue weighted by atomic mass is 35.5. The average Bonchev–Trinajstić information content (AvgIpc) is 3.35. The topological polar surface area (TPSA) is 57.7 Å². The lowest BCUT2D eigenvalue weighted by Crippen LogP contribution is -2.44. The van der Waals surface area contributed by atoms with Crippen molar-refractivity contribution in [3.8, 4) is 16.9 Å². The molecule has 0 radical (unpaired) electrons. The first-order valence-corrected chi connectivity index (χ1v) is 14.8. The van der Waals surface area contributed by atoms with E-state index < -0.39 is 11.6 Å². The first-order valence-electron chi connectivity index (χ1n) is 13.6. The molecule has 2 aromatic heterocycles. The van der Waals surface area contributed by atoms with E-state index in [1.807, 2.05) is 56.4 Å². The molecule has 1 aliphatic rings. The molecule has 41 heavy (non-hydrogen) atoms. The summed E-state index contributed by atoms with van der Waals surface area (Å²) in [6.45, 7) is 0.256. The summed E-state index contributed by atoms with van der Waals surface area (Å²) in [6.07, 6.45) is 5.18. The van der Waals surface area contributed by atoms with Gasteiger partial charge >= 0.3 is 0 Å². The van der Waals surface area contributed by atoms with Crippen LogP contribution in [0.3, 0.4) is 0 Å². The number of ether oxygens (including phenoxy) is 1. The zero-order valence-electron chi connectivity index (χ0n) is 23.5. The lowest BCUT2D eigenvalue weighted by Gasteiger charge is -2.37. The maximum Gasteiger partial charge on any atom is 0.266 e. The van der Waals surface area contributed by atoms with E-state index in [4.69, 9.17) is 16.3 Å². The number of carbonyl (C=O) groups is 1. The SMILES string of the molecule is CN[C@H]1CC[C@@H](N(Cc2cc(-c3ccnc(N(C)C)c3)ccc2OC)C(=O)c2sc3c(F)ccc(F)c3c2Cl)CC1. The van der Waals surface area contributed by atoms with Gasteiger partial charge in [-0.1, -0.05) is 17.7 Å². The van der Waals surface area contributed by atoms with Crippen LogP contribution in [0.15, 0.2) is 48.7 Å². The van der Waals surface area contributed by atoms with Crippen molar-refractivity contribution in [2.24, 2.45) is 0 Å². The zero-order chi connectivity index (χ0) is 29.3. The van der Waals surface area contributed by atoms with E-state index in [9.17, 15) is 13.6 Å². The van der Waals surface area contributed by atoms with E-state index in [1.165, 1.54) is 0 Å². The highest BCUT2D eigenvalue weighted by Crippen LogP contribution is 2.40. The first kappa shape index (κ1) is 29.2. The van der Waals surface area contributed by atoms with Crippen LogP contribution in [0.25, 0.3) is 21.2 Å². The van der Waals surface area contributed by atoms with Crippen LogP contribution in [0.2, 0.25) is 5.02 Å². The van der Waals surface area contributed by atoms with Crippen molar-refractivity contribution in [2.45, 2.75) is 44.3 Å². The molecule has 6 nitrogen and oxygen atoms in total. The van der Waals surface area contributed by atoms with E-state index in [0.717, 1.165) is 71.7 Å². The van der Waals surface area contributed by atoms with Gasteiger partial charge in [-0.2, -0.15) is 0 Å². The normalized spacial score (nSPS) is 17.0. The van der Waals surface area contributed by atoms with E-state index in [-0.39, 0.29) is 38.5 Å². The summed E-state index contributed by atoms with van der Waals surface area (Å²) in [7, 11) is 7.43. The molecule has 4 aromatic rings. The second-order valence-electron chi connectivity index (χ2n) is 10.5. The van der Waals surface area contributed by atoms with Crippen molar-refractivity contribution in [2.75, 3.05) is 33.2 Å². The minimum absolute atomic E-state index is 0.0466. The number of amides is 1. The minimum Gasteiger partial charge on any atom is -0.496 e. The number of halogens is 3. The smallest absolute Gasteiger partial charge is 0.266 e. The van der Waals surface area contributed by atoms with Crippen LogP contribution in [0.5, 0.6) is 5.75 Å². The number of pyridine rings is 1. The van der Waals surface area contributed by atoms with Crippen molar-refractivity contribution in [3.05, 3.63) is 75.8 Å². The second-order valence-corrected chi connectivity index (χ2v) is 11.9. The molecular formula is C31H33ClF2N4O2S. The van der Waals surface area contributed by atoms with Crippen LogP contribution >= 0.6 is 22.9 Å². The number of benzene rings is 2. The van der Waals surface area contributed by atoms with Crippen LogP contribution in [0.1, 0.15) is 40.9 Å². The Balaban J connectivity index is 1.56. The highest BCUT2D eigenvalue weighted by molar-refractivity contribution is 7.21. The largest absolute Gasteiger partial charge is 0.496 e. The summed E-state index contributed by atoms with van der Waals surface area (Å²) in [6, 6.07) is 12.3. The molecule has 1 saturated carbocycles. The van der Waals surface area contributed by atoms with E-state index >= 15 is 0 Å². The molecule has 5 rings (SSSR count). The third kappa shape index (κ3) is 5.89. The van der Waals surface area contributed by atoms with Gasteiger partial charge in [0.25, 0.3) is 5.91 Å². The van der Waals surface area contributed by atoms with Crippen LogP contribution < -0.4 is 15.0 Å². The molecule has 0 bridgehead atoms. The number of anilines is 1. The molecule has 2 aromatic carbocycles. The van der Waals surface area contributed by atoms with Gasteiger partial charge in [0.15, 0.2) is 0 Å². The van der Waals surface area contributed by atoms with Gasteiger partial charge in [-0.15, -0.1) is 11.3 Å². The minimum atomic E-state index is -0.647. The molecule has 0 spiro atoms. The lowest BCUT2D eigenvalue weighted by atomic mass is 9.89. The number of nitrogens with one attached hydrogen (secondary N) is 1. The average molecular weight is 599 g/mol. The number of carbonyl (C=O) groups excluding carboxylic acids is 1. The number of thiophene rings is 1. The summed E-state index contributed by atoms with van der Waals surface area (Å²) in [5.74, 6) is -0.105. The second kappa shape index (κ2) is 12.3. The predicted octanol–water partition coefficient (Wildman–Crippen LogP) is 7.14. The van der Waals surface area contributed by atoms with E-state index in [0.29, 0.717) is 11.8 Å². The van der Waals surface area contributed by atoms with Crippen LogP contribution in [0, 0.1) is 11.6 Å². The number of aromatic nitrogens is 1. The predicted molar refractivity (Wildman–Crippen MR) is 162 cm³/mol. The summed E-state index contributed by atoms with van der Waals surface area (Å²) in [5, 5.41) is 3.24. The van der Waals surface area contributed by atoms with Gasteiger partial charge in [0.05, 0.1) is 22.2 Å². The first-order chi connectivity index (χ1) is 19.7. The quantitative estimate of drug-likeness (QED) is 0.234. The Bertz CT molecular complexity index is 1570. The third-order valence-corrected chi connectivity index (χ3v) is 9.52. The highest BCUT2D eigenvalue weighted by Gasteiger charge is 2.33. The molecule has 1 amide bonds. The Morgan fingerprint density at radius 2 is 1.78 bits per heavy atom. The molecule has 1 aliphatic carbocycles. The number of rotatable bonds is 8. The molecule has 216 valence electrons. The monoisotopic (exact) mass is 598 g/mol. The number of nitrogens with zero attached hydrogens (tertiary/aromatic N) is 3. The molecule has 1 fully saturated rings. The summed E-state index contributed by atoms with van der Waals surface area (Å²) >= 11 is 7.48. The van der Waals surface area contributed by atoms with Gasteiger partial charge in [0.1, 0.15) is 28.1 Å². The Labute approximate surface area is 247 Å². The Hall–Kier alpha value is -3.27. The number of fused-ring (bicyclic) bond motifs is 1. The van der Waals surface area contributed by atoms with Crippen LogP contribution in [-0.2, 0) is 6.54 Å². The van der Waals surface area contributed by atoms with Crippen molar-refractivity contribution in [3.63, 3.8) is 0 Å². The van der Waals surface area contributed by atoms with Crippen molar-refractivity contribution < 1.29 is 18.3 Å². The lowest BCUT2D eigenvalue weighted by molar-refractivity contribution is 0.0604. The van der Waals surface area contributed by atoms with Gasteiger partial charge in [-0.3, -0.25) is 4.79 Å². The Morgan fingerprint density at radius 3 is 2.44 bits per heavy atom. The molecule has 0 aliphatic heterocycles. The molecule has 2 heterocycles. The van der Waals surface area contributed by atoms with Gasteiger partial charge in [-0.05, 0) is 80.3 Å². The fourth-order valence-electron chi connectivity index (χ4n) is 5.52. The van der Waals surface area contributed by atoms with Crippen molar-refractivity contribution in [1.29, 1.82) is 0 Å². The third-order valence-electron chi connectivity index (χ3n) is 7.84. The van der Waals surface area contributed by atoms with Crippen LogP contribution in [-0.4, -0.2) is 56.1 Å². The number of methoxy groups -OCH3 is 1. The molecule has 0 unspecified atom stereocenters. The zero-order valence-corrected chi connectivity index (χ0v) is 25.1. The number of hydrogen-bond donors (Lipinski definition) is 1. The Kier molecular flexibility index (Phi) is 8.77. The van der Waals surface area contributed by atoms with Crippen molar-refractivity contribution >= 4 is 44.7 Å². The summed E-state index contributed by atoms with van der Waals surface area (Å²) in [4.78, 5) is 22.5. The molecule has 0 saturated heterocycles. The molecule has 1 N–H and O–H groups in total. The standard InChI is InChI=1S/C31H33ClF2N4O2S/c1-35-21-6-8-22(9-7-21)38(31(39)30-28(32)27-23(33)10-11-24(34)29(27)41-30)17-20-15-18(5-12-25(20)40-4)19-13-14-36-26(16-19)37(2)3/h5,10-16,21-22,35H,6-9,17H2,1-4H3/t21-,22+. The maximum absolute atomic E-state index is 14.7.